The first-order valence-electron chi connectivity index (χ1n) is 4.14. The van der Waals surface area contributed by atoms with Crippen LogP contribution in [0.2, 0.25) is 5.02 Å². The number of benzene rings is 1. The van der Waals surface area contributed by atoms with Gasteiger partial charge in [-0.15, -0.1) is 0 Å². The van der Waals surface area contributed by atoms with Crippen LogP contribution in [0.25, 0.3) is 11.4 Å². The molecule has 1 heterocycles. The molecule has 1 aromatic heterocycles. The Morgan fingerprint density at radius 1 is 1.43 bits per heavy atom. The fourth-order valence-corrected chi connectivity index (χ4v) is 1.99. The van der Waals surface area contributed by atoms with E-state index in [4.69, 9.17) is 11.6 Å². The van der Waals surface area contributed by atoms with Crippen molar-refractivity contribution in [1.82, 2.24) is 9.97 Å². The number of hydrogen-bond acceptors (Lipinski definition) is 1. The summed E-state index contributed by atoms with van der Waals surface area (Å²) < 4.78 is 0.967. The van der Waals surface area contributed by atoms with E-state index in [0.29, 0.717) is 5.02 Å². The van der Waals surface area contributed by atoms with Gasteiger partial charge in [0.2, 0.25) is 0 Å². The predicted octanol–water partition coefficient (Wildman–Crippen LogP) is 3.80. The molecule has 1 aromatic carbocycles. The number of H-pyrrole nitrogens is 1. The highest BCUT2D eigenvalue weighted by Gasteiger charge is 2.06. The molecule has 0 spiro atoms. The molecule has 0 unspecified atom stereocenters. The predicted molar refractivity (Wildman–Crippen MR) is 61.5 cm³/mol. The van der Waals surface area contributed by atoms with Crippen molar-refractivity contribution in [1.29, 1.82) is 0 Å². The average molecular weight is 272 g/mol. The summed E-state index contributed by atoms with van der Waals surface area (Å²) in [6.45, 7) is 1.96. The van der Waals surface area contributed by atoms with Crippen LogP contribution in [0.15, 0.2) is 28.9 Å². The lowest BCUT2D eigenvalue weighted by molar-refractivity contribution is 1.25. The fraction of sp³-hybridized carbons (Fsp3) is 0.100. The lowest BCUT2D eigenvalue weighted by Gasteiger charge is -2.00. The number of aromatic amines is 1. The summed E-state index contributed by atoms with van der Waals surface area (Å²) in [4.78, 5) is 7.36. The van der Waals surface area contributed by atoms with E-state index in [-0.39, 0.29) is 0 Å². The van der Waals surface area contributed by atoms with E-state index >= 15 is 0 Å². The van der Waals surface area contributed by atoms with Crippen LogP contribution in [0.5, 0.6) is 0 Å². The van der Waals surface area contributed by atoms with Crippen molar-refractivity contribution in [3.05, 3.63) is 39.6 Å². The molecule has 4 heteroatoms. The Morgan fingerprint density at radius 2 is 2.21 bits per heavy atom. The highest BCUT2D eigenvalue weighted by molar-refractivity contribution is 9.10. The Morgan fingerprint density at radius 3 is 2.79 bits per heavy atom. The third-order valence-electron chi connectivity index (χ3n) is 1.89. The molecule has 0 aliphatic carbocycles. The molecule has 0 aliphatic heterocycles. The van der Waals surface area contributed by atoms with E-state index in [9.17, 15) is 0 Å². The molecule has 0 atom stereocenters. The average Bonchev–Trinajstić information content (AvgIpc) is 2.51. The number of halogens is 2. The number of rotatable bonds is 1. The molecule has 2 rings (SSSR count). The normalized spacial score (nSPS) is 10.5. The second-order valence-electron chi connectivity index (χ2n) is 3.04. The number of nitrogens with zero attached hydrogens (tertiary/aromatic N) is 1. The molecule has 0 amide bonds. The van der Waals surface area contributed by atoms with Gasteiger partial charge in [-0.05, 0) is 25.1 Å². The van der Waals surface area contributed by atoms with Gasteiger partial charge in [0.15, 0.2) is 0 Å². The highest BCUT2D eigenvalue weighted by atomic mass is 79.9. The van der Waals surface area contributed by atoms with Crippen LogP contribution in [-0.2, 0) is 0 Å². The summed E-state index contributed by atoms with van der Waals surface area (Å²) in [5.74, 6) is 0.806. The number of aryl methyl sites for hydroxylation is 1. The van der Waals surface area contributed by atoms with E-state index in [1.807, 2.05) is 25.1 Å². The Hall–Kier alpha value is -0.800. The molecule has 2 nitrogen and oxygen atoms in total. The van der Waals surface area contributed by atoms with E-state index in [2.05, 4.69) is 25.9 Å². The summed E-state index contributed by atoms with van der Waals surface area (Å²) >= 11 is 9.44. The molecular formula is C10H8BrClN2. The zero-order valence-corrected chi connectivity index (χ0v) is 9.85. The Kier molecular flexibility index (Phi) is 2.61. The smallest absolute Gasteiger partial charge is 0.138 e. The summed E-state index contributed by atoms with van der Waals surface area (Å²) in [5.41, 5.74) is 1.95. The number of imidazole rings is 1. The minimum absolute atomic E-state index is 0.689. The molecule has 0 saturated heterocycles. The Labute approximate surface area is 95.5 Å². The van der Waals surface area contributed by atoms with E-state index in [1.54, 1.807) is 6.20 Å². The molecule has 0 saturated carbocycles. The van der Waals surface area contributed by atoms with Crippen LogP contribution >= 0.6 is 27.5 Å². The molecule has 0 radical (unpaired) electrons. The zero-order valence-electron chi connectivity index (χ0n) is 7.51. The largest absolute Gasteiger partial charge is 0.342 e. The molecule has 0 fully saturated rings. The van der Waals surface area contributed by atoms with Crippen LogP contribution in [0, 0.1) is 6.92 Å². The topological polar surface area (TPSA) is 28.7 Å². The molecule has 2 aromatic rings. The summed E-state index contributed by atoms with van der Waals surface area (Å²) in [6.07, 6.45) is 1.79. The van der Waals surface area contributed by atoms with Gasteiger partial charge in [-0.2, -0.15) is 0 Å². The molecular weight excluding hydrogens is 263 g/mol. The molecule has 72 valence electrons. The van der Waals surface area contributed by atoms with Crippen molar-refractivity contribution in [3.8, 4) is 11.4 Å². The van der Waals surface area contributed by atoms with Crippen molar-refractivity contribution >= 4 is 27.5 Å². The van der Waals surface area contributed by atoms with Gasteiger partial charge in [0.25, 0.3) is 0 Å². The minimum Gasteiger partial charge on any atom is -0.342 e. The second-order valence-corrected chi connectivity index (χ2v) is 4.36. The SMILES string of the molecule is Cc1cnc(-c2ccc(Br)cc2Cl)[nH]1. The maximum Gasteiger partial charge on any atom is 0.138 e. The van der Waals surface area contributed by atoms with Gasteiger partial charge in [-0.3, -0.25) is 0 Å². The van der Waals surface area contributed by atoms with Gasteiger partial charge in [0, 0.05) is 21.9 Å². The van der Waals surface area contributed by atoms with Crippen LogP contribution in [0.4, 0.5) is 0 Å². The Bertz CT molecular complexity index is 465. The minimum atomic E-state index is 0.689. The molecule has 14 heavy (non-hydrogen) atoms. The second kappa shape index (κ2) is 3.75. The van der Waals surface area contributed by atoms with E-state index in [0.717, 1.165) is 21.6 Å². The van der Waals surface area contributed by atoms with Crippen molar-refractivity contribution in [2.24, 2.45) is 0 Å². The molecule has 1 N–H and O–H groups in total. The van der Waals surface area contributed by atoms with Crippen molar-refractivity contribution in [2.45, 2.75) is 6.92 Å². The Balaban J connectivity index is 2.52. The first-order chi connectivity index (χ1) is 6.66. The number of nitrogens with one attached hydrogen (secondary N) is 1. The van der Waals surface area contributed by atoms with Crippen LogP contribution in [0.3, 0.4) is 0 Å². The van der Waals surface area contributed by atoms with Crippen LogP contribution in [0.1, 0.15) is 5.69 Å². The first kappa shape index (κ1) is 9.74. The maximum atomic E-state index is 6.08. The summed E-state index contributed by atoms with van der Waals surface area (Å²) in [7, 11) is 0. The highest BCUT2D eigenvalue weighted by Crippen LogP contribution is 2.28. The van der Waals surface area contributed by atoms with Gasteiger partial charge in [0.05, 0.1) is 5.02 Å². The van der Waals surface area contributed by atoms with Crippen molar-refractivity contribution in [2.75, 3.05) is 0 Å². The van der Waals surface area contributed by atoms with Gasteiger partial charge in [-0.1, -0.05) is 27.5 Å². The van der Waals surface area contributed by atoms with Crippen molar-refractivity contribution in [3.63, 3.8) is 0 Å². The van der Waals surface area contributed by atoms with Gasteiger partial charge < -0.3 is 4.98 Å². The third-order valence-corrected chi connectivity index (χ3v) is 2.70. The monoisotopic (exact) mass is 270 g/mol. The van der Waals surface area contributed by atoms with Gasteiger partial charge >= 0.3 is 0 Å². The fourth-order valence-electron chi connectivity index (χ4n) is 1.23. The molecule has 0 bridgehead atoms. The number of aromatic nitrogens is 2. The summed E-state index contributed by atoms with van der Waals surface area (Å²) in [6, 6.07) is 5.73. The summed E-state index contributed by atoms with van der Waals surface area (Å²) in [5, 5.41) is 0.689. The van der Waals surface area contributed by atoms with Crippen molar-refractivity contribution < 1.29 is 0 Å². The van der Waals surface area contributed by atoms with E-state index in [1.165, 1.54) is 0 Å². The van der Waals surface area contributed by atoms with E-state index < -0.39 is 0 Å². The van der Waals surface area contributed by atoms with Gasteiger partial charge in [-0.25, -0.2) is 4.98 Å². The lowest BCUT2D eigenvalue weighted by atomic mass is 10.2. The standard InChI is InChI=1S/C10H8BrClN2/c1-6-5-13-10(14-6)8-3-2-7(11)4-9(8)12/h2-5H,1H3,(H,13,14). The zero-order chi connectivity index (χ0) is 10.1. The first-order valence-corrected chi connectivity index (χ1v) is 5.31. The maximum absolute atomic E-state index is 6.08. The lowest BCUT2D eigenvalue weighted by Crippen LogP contribution is -1.82. The quantitative estimate of drug-likeness (QED) is 0.839. The molecule has 0 aliphatic rings. The van der Waals surface area contributed by atoms with Gasteiger partial charge in [0.1, 0.15) is 5.82 Å². The third kappa shape index (κ3) is 1.83. The van der Waals surface area contributed by atoms with Crippen LogP contribution in [-0.4, -0.2) is 9.97 Å². The van der Waals surface area contributed by atoms with Crippen LogP contribution < -0.4 is 0 Å². The number of hydrogen-bond donors (Lipinski definition) is 1.